The molecule has 3 rings (SSSR count). The zero-order chi connectivity index (χ0) is 24.3. The van der Waals surface area contributed by atoms with Gasteiger partial charge in [0, 0.05) is 31.5 Å². The van der Waals surface area contributed by atoms with Crippen molar-refractivity contribution >= 4 is 41.0 Å². The smallest absolute Gasteiger partial charge is 0.308 e. The second kappa shape index (κ2) is 9.91. The van der Waals surface area contributed by atoms with Crippen molar-refractivity contribution in [1.29, 1.82) is 0 Å². The second-order valence-electron chi connectivity index (χ2n) is 7.36. The lowest BCUT2D eigenvalue weighted by Gasteiger charge is -2.28. The van der Waals surface area contributed by atoms with Crippen molar-refractivity contribution in [2.75, 3.05) is 18.6 Å². The van der Waals surface area contributed by atoms with Gasteiger partial charge in [0.1, 0.15) is 11.5 Å². The average molecular weight is 474 g/mol. The van der Waals surface area contributed by atoms with E-state index >= 15 is 0 Å². The largest absolute Gasteiger partial charge is 0.497 e. The van der Waals surface area contributed by atoms with E-state index in [1.54, 1.807) is 36.4 Å². The molecule has 0 saturated heterocycles. The Morgan fingerprint density at radius 3 is 2.45 bits per heavy atom. The Morgan fingerprint density at radius 1 is 1.15 bits per heavy atom. The van der Waals surface area contributed by atoms with Gasteiger partial charge in [0.15, 0.2) is 0 Å². The molecular formula is C23H24ClN3O6. The van der Waals surface area contributed by atoms with Crippen molar-refractivity contribution < 1.29 is 28.6 Å². The van der Waals surface area contributed by atoms with Crippen LogP contribution in [-0.4, -0.2) is 48.6 Å². The third-order valence-electron chi connectivity index (χ3n) is 4.88. The molecule has 2 aromatic rings. The molecule has 0 saturated carbocycles. The van der Waals surface area contributed by atoms with Gasteiger partial charge in [0.25, 0.3) is 0 Å². The lowest BCUT2D eigenvalue weighted by atomic mass is 10.1. The molecule has 0 N–H and O–H groups in total. The van der Waals surface area contributed by atoms with Crippen molar-refractivity contribution in [3.05, 3.63) is 52.5 Å². The van der Waals surface area contributed by atoms with Crippen LogP contribution in [0, 0.1) is 6.92 Å². The molecule has 0 spiro atoms. The summed E-state index contributed by atoms with van der Waals surface area (Å²) < 4.78 is 16.5. The molecule has 0 aromatic heterocycles. The number of halogens is 1. The number of hydrogen-bond donors (Lipinski definition) is 0. The Kier molecular flexibility index (Phi) is 7.23. The van der Waals surface area contributed by atoms with Gasteiger partial charge in [-0.15, -0.1) is 5.10 Å². The number of hydrazone groups is 1. The fourth-order valence-electron chi connectivity index (χ4n) is 3.39. The molecule has 0 radical (unpaired) electrons. The zero-order valence-corrected chi connectivity index (χ0v) is 19.7. The predicted molar refractivity (Wildman–Crippen MR) is 122 cm³/mol. The summed E-state index contributed by atoms with van der Waals surface area (Å²) in [5, 5.41) is 5.99. The molecule has 174 valence electrons. The minimum atomic E-state index is -0.909. The fraction of sp³-hybridized carbons (Fsp3) is 0.304. The molecule has 10 heteroatoms. The van der Waals surface area contributed by atoms with Crippen LogP contribution in [0.5, 0.6) is 11.5 Å². The van der Waals surface area contributed by atoms with Crippen molar-refractivity contribution in [2.24, 2.45) is 5.10 Å². The quantitative estimate of drug-likeness (QED) is 0.470. The highest BCUT2D eigenvalue weighted by atomic mass is 35.5. The lowest BCUT2D eigenvalue weighted by molar-refractivity contribution is -0.135. The first-order valence-corrected chi connectivity index (χ1v) is 10.4. The molecule has 1 aliphatic heterocycles. The number of hydrogen-bond acceptors (Lipinski definition) is 7. The maximum absolute atomic E-state index is 12.5. The molecule has 0 unspecified atom stereocenters. The number of methoxy groups -OCH3 is 1. The summed E-state index contributed by atoms with van der Waals surface area (Å²) >= 11 is 6.05. The molecule has 1 heterocycles. The molecule has 33 heavy (non-hydrogen) atoms. The number of amides is 2. The first-order chi connectivity index (χ1) is 15.6. The first-order valence-electron chi connectivity index (χ1n) is 10.1. The standard InChI is InChI=1S/C23H24ClN3O6/c1-13-10-17(24)6-8-20(13)26(14(2)28)12-22-27(15(3)29)25-23(33-22)19-11-18(31-5)7-9-21(19)32-16(4)30/h6-11,22H,12H2,1-5H3/t22-/m0/s1. The minimum Gasteiger partial charge on any atom is -0.497 e. The molecule has 2 amide bonds. The monoisotopic (exact) mass is 473 g/mol. The molecule has 0 aliphatic carbocycles. The van der Waals surface area contributed by atoms with Gasteiger partial charge in [-0.1, -0.05) is 11.6 Å². The van der Waals surface area contributed by atoms with E-state index in [0.717, 1.165) is 10.6 Å². The number of benzene rings is 2. The van der Waals surface area contributed by atoms with Crippen molar-refractivity contribution in [3.63, 3.8) is 0 Å². The Bertz CT molecular complexity index is 1130. The number of nitrogens with zero attached hydrogens (tertiary/aromatic N) is 3. The number of carbonyl (C=O) groups excluding carboxylic acids is 3. The number of aryl methyl sites for hydroxylation is 1. The zero-order valence-electron chi connectivity index (χ0n) is 18.9. The van der Waals surface area contributed by atoms with Crippen LogP contribution in [0.2, 0.25) is 5.02 Å². The third kappa shape index (κ3) is 5.43. The van der Waals surface area contributed by atoms with Crippen LogP contribution < -0.4 is 14.4 Å². The maximum atomic E-state index is 12.5. The van der Waals surface area contributed by atoms with Crippen molar-refractivity contribution in [3.8, 4) is 11.5 Å². The fourth-order valence-corrected chi connectivity index (χ4v) is 3.62. The van der Waals surface area contributed by atoms with Crippen LogP contribution in [0.4, 0.5) is 5.69 Å². The van der Waals surface area contributed by atoms with Crippen LogP contribution in [0.3, 0.4) is 0 Å². The van der Waals surface area contributed by atoms with Gasteiger partial charge in [-0.25, -0.2) is 0 Å². The third-order valence-corrected chi connectivity index (χ3v) is 5.12. The van der Waals surface area contributed by atoms with Crippen LogP contribution in [0.25, 0.3) is 0 Å². The van der Waals surface area contributed by atoms with Gasteiger partial charge in [0.05, 0.1) is 19.2 Å². The SMILES string of the molecule is COc1ccc(OC(C)=O)c(C2=NN(C(C)=O)[C@H](CN(C(C)=O)c3ccc(Cl)cc3C)O2)c1. The summed E-state index contributed by atoms with van der Waals surface area (Å²) in [6, 6.07) is 9.92. The van der Waals surface area contributed by atoms with E-state index in [2.05, 4.69) is 5.10 Å². The van der Waals surface area contributed by atoms with Crippen LogP contribution in [0.1, 0.15) is 31.9 Å². The van der Waals surface area contributed by atoms with E-state index in [1.807, 2.05) is 6.92 Å². The van der Waals surface area contributed by atoms with Crippen molar-refractivity contribution in [1.82, 2.24) is 5.01 Å². The molecule has 2 aromatic carbocycles. The number of ether oxygens (including phenoxy) is 3. The second-order valence-corrected chi connectivity index (χ2v) is 7.79. The van der Waals surface area contributed by atoms with Gasteiger partial charge in [-0.3, -0.25) is 14.4 Å². The number of carbonyl (C=O) groups is 3. The van der Waals surface area contributed by atoms with E-state index in [-0.39, 0.29) is 30.0 Å². The van der Waals surface area contributed by atoms with Gasteiger partial charge in [-0.2, -0.15) is 5.01 Å². The Labute approximate surface area is 196 Å². The van der Waals surface area contributed by atoms with Gasteiger partial charge < -0.3 is 19.1 Å². The summed E-state index contributed by atoms with van der Waals surface area (Å²) in [6.45, 7) is 5.88. The summed E-state index contributed by atoms with van der Waals surface area (Å²) in [5.74, 6) is -0.427. The van der Waals surface area contributed by atoms with Crippen molar-refractivity contribution in [2.45, 2.75) is 33.9 Å². The highest BCUT2D eigenvalue weighted by Gasteiger charge is 2.36. The van der Waals surface area contributed by atoms with Crippen LogP contribution in [-0.2, 0) is 19.1 Å². The molecular weight excluding hydrogens is 450 g/mol. The number of rotatable bonds is 6. The molecule has 0 fully saturated rings. The highest BCUT2D eigenvalue weighted by Crippen LogP contribution is 2.30. The normalized spacial score (nSPS) is 14.9. The van der Waals surface area contributed by atoms with E-state index in [9.17, 15) is 14.4 Å². The molecule has 9 nitrogen and oxygen atoms in total. The summed E-state index contributed by atoms with van der Waals surface area (Å²) in [7, 11) is 1.49. The van der Waals surface area contributed by atoms with E-state index in [1.165, 1.54) is 32.8 Å². The topological polar surface area (TPSA) is 97.7 Å². The molecule has 1 aliphatic rings. The van der Waals surface area contributed by atoms with Crippen LogP contribution in [0.15, 0.2) is 41.5 Å². The highest BCUT2D eigenvalue weighted by molar-refractivity contribution is 6.30. The van der Waals surface area contributed by atoms with E-state index in [4.69, 9.17) is 25.8 Å². The summed E-state index contributed by atoms with van der Waals surface area (Å²) in [5.41, 5.74) is 1.75. The number of anilines is 1. The molecule has 0 bridgehead atoms. The van der Waals surface area contributed by atoms with Gasteiger partial charge in [0.2, 0.25) is 23.9 Å². The molecule has 1 atom stereocenters. The Morgan fingerprint density at radius 2 is 1.88 bits per heavy atom. The van der Waals surface area contributed by atoms with Crippen LogP contribution >= 0.6 is 11.6 Å². The number of esters is 1. The maximum Gasteiger partial charge on any atom is 0.308 e. The minimum absolute atomic E-state index is 0.0112. The lowest BCUT2D eigenvalue weighted by Crippen LogP contribution is -2.44. The van der Waals surface area contributed by atoms with Gasteiger partial charge >= 0.3 is 5.97 Å². The Balaban J connectivity index is 1.96. The summed E-state index contributed by atoms with van der Waals surface area (Å²) in [4.78, 5) is 37.8. The first kappa shape index (κ1) is 24.1. The van der Waals surface area contributed by atoms with E-state index < -0.39 is 12.2 Å². The summed E-state index contributed by atoms with van der Waals surface area (Å²) in [6.07, 6.45) is -0.909. The average Bonchev–Trinajstić information content (AvgIpc) is 3.16. The van der Waals surface area contributed by atoms with Gasteiger partial charge in [-0.05, 0) is 48.9 Å². The Hall–Kier alpha value is -3.59. The predicted octanol–water partition coefficient (Wildman–Crippen LogP) is 3.50. The van der Waals surface area contributed by atoms with E-state index in [0.29, 0.717) is 22.0 Å².